The van der Waals surface area contributed by atoms with Crippen molar-refractivity contribution in [3.8, 4) is 0 Å². The molecule has 0 aromatic heterocycles. The van der Waals surface area contributed by atoms with Gasteiger partial charge < -0.3 is 0 Å². The largest absolute Gasteiger partial charge is 0.296 e. The third kappa shape index (κ3) is 2.48. The van der Waals surface area contributed by atoms with Gasteiger partial charge in [-0.3, -0.25) is 4.90 Å². The molecule has 0 aromatic carbocycles. The van der Waals surface area contributed by atoms with Crippen LogP contribution in [0.4, 0.5) is 0 Å². The second-order valence-corrected chi connectivity index (χ2v) is 5.49. The van der Waals surface area contributed by atoms with Crippen molar-refractivity contribution in [1.82, 2.24) is 4.90 Å². The molecule has 1 rings (SSSR count). The van der Waals surface area contributed by atoms with Gasteiger partial charge in [-0.25, -0.2) is 0 Å². The third-order valence-electron chi connectivity index (χ3n) is 3.17. The molecular formula is C11H23N. The minimum atomic E-state index is 0.430. The predicted octanol–water partition coefficient (Wildman–Crippen LogP) is 2.91. The highest BCUT2D eigenvalue weighted by atomic mass is 15.3. The molecule has 72 valence electrons. The predicted molar refractivity (Wildman–Crippen MR) is 54.3 cm³/mol. The van der Waals surface area contributed by atoms with Crippen LogP contribution in [0.1, 0.15) is 47.5 Å². The SMILES string of the molecule is CCC(C)(C)CC(C)(C)N1CC1. The third-order valence-corrected chi connectivity index (χ3v) is 3.17. The van der Waals surface area contributed by atoms with Gasteiger partial charge >= 0.3 is 0 Å². The van der Waals surface area contributed by atoms with Gasteiger partial charge in [-0.15, -0.1) is 0 Å². The van der Waals surface area contributed by atoms with Crippen molar-refractivity contribution in [2.24, 2.45) is 5.41 Å². The molecule has 0 radical (unpaired) electrons. The van der Waals surface area contributed by atoms with E-state index in [1.807, 2.05) is 0 Å². The van der Waals surface area contributed by atoms with Crippen LogP contribution >= 0.6 is 0 Å². The van der Waals surface area contributed by atoms with Crippen molar-refractivity contribution in [2.75, 3.05) is 13.1 Å². The van der Waals surface area contributed by atoms with Crippen molar-refractivity contribution < 1.29 is 0 Å². The maximum atomic E-state index is 2.56. The van der Waals surface area contributed by atoms with Gasteiger partial charge in [0.2, 0.25) is 0 Å². The first kappa shape index (κ1) is 10.0. The maximum absolute atomic E-state index is 2.56. The highest BCUT2D eigenvalue weighted by molar-refractivity contribution is 4.93. The summed E-state index contributed by atoms with van der Waals surface area (Å²) >= 11 is 0. The van der Waals surface area contributed by atoms with Gasteiger partial charge in [-0.05, 0) is 25.7 Å². The topological polar surface area (TPSA) is 3.01 Å². The molecule has 1 saturated heterocycles. The zero-order valence-corrected chi connectivity index (χ0v) is 9.28. The summed E-state index contributed by atoms with van der Waals surface area (Å²) in [6.45, 7) is 14.4. The van der Waals surface area contributed by atoms with Crippen LogP contribution in [-0.4, -0.2) is 23.5 Å². The molecule has 0 atom stereocenters. The maximum Gasteiger partial charge on any atom is 0.0159 e. The average molecular weight is 169 g/mol. The van der Waals surface area contributed by atoms with E-state index in [9.17, 15) is 0 Å². The van der Waals surface area contributed by atoms with Gasteiger partial charge in [0.15, 0.2) is 0 Å². The van der Waals surface area contributed by atoms with Gasteiger partial charge in [0.05, 0.1) is 0 Å². The lowest BCUT2D eigenvalue weighted by Crippen LogP contribution is -2.35. The van der Waals surface area contributed by atoms with E-state index in [4.69, 9.17) is 0 Å². The van der Waals surface area contributed by atoms with Gasteiger partial charge in [0, 0.05) is 18.6 Å². The van der Waals surface area contributed by atoms with Crippen molar-refractivity contribution in [1.29, 1.82) is 0 Å². The Morgan fingerprint density at radius 2 is 1.58 bits per heavy atom. The van der Waals surface area contributed by atoms with Crippen LogP contribution in [0.15, 0.2) is 0 Å². The summed E-state index contributed by atoms with van der Waals surface area (Å²) in [7, 11) is 0. The first-order chi connectivity index (χ1) is 5.37. The Bertz CT molecular complexity index is 154. The minimum absolute atomic E-state index is 0.430. The quantitative estimate of drug-likeness (QED) is 0.585. The minimum Gasteiger partial charge on any atom is -0.296 e. The van der Waals surface area contributed by atoms with Crippen molar-refractivity contribution in [2.45, 2.75) is 53.0 Å². The van der Waals surface area contributed by atoms with E-state index in [0.717, 1.165) is 0 Å². The zero-order valence-electron chi connectivity index (χ0n) is 9.28. The summed E-state index contributed by atoms with van der Waals surface area (Å²) in [6.07, 6.45) is 2.60. The van der Waals surface area contributed by atoms with Crippen molar-refractivity contribution in [3.05, 3.63) is 0 Å². The Labute approximate surface area is 77.1 Å². The molecule has 12 heavy (non-hydrogen) atoms. The van der Waals surface area contributed by atoms with Crippen LogP contribution in [0.3, 0.4) is 0 Å². The number of rotatable bonds is 4. The Morgan fingerprint density at radius 3 is 1.92 bits per heavy atom. The lowest BCUT2D eigenvalue weighted by molar-refractivity contribution is 0.164. The first-order valence-electron chi connectivity index (χ1n) is 5.12. The molecule has 0 saturated carbocycles. The molecule has 0 unspecified atom stereocenters. The summed E-state index contributed by atoms with van der Waals surface area (Å²) in [5.74, 6) is 0. The van der Waals surface area contributed by atoms with Gasteiger partial charge in [0.25, 0.3) is 0 Å². The van der Waals surface area contributed by atoms with Crippen LogP contribution in [0.5, 0.6) is 0 Å². The summed E-state index contributed by atoms with van der Waals surface area (Å²) in [6, 6.07) is 0. The normalized spacial score (nSPS) is 19.8. The van der Waals surface area contributed by atoms with E-state index in [2.05, 4.69) is 39.5 Å². The highest BCUT2D eigenvalue weighted by Crippen LogP contribution is 2.36. The monoisotopic (exact) mass is 169 g/mol. The molecular weight excluding hydrogens is 146 g/mol. The Morgan fingerprint density at radius 1 is 1.08 bits per heavy atom. The molecule has 1 aliphatic rings. The Kier molecular flexibility index (Phi) is 2.53. The molecule has 1 fully saturated rings. The smallest absolute Gasteiger partial charge is 0.0159 e. The van der Waals surface area contributed by atoms with E-state index in [1.54, 1.807) is 0 Å². The highest BCUT2D eigenvalue weighted by Gasteiger charge is 2.37. The van der Waals surface area contributed by atoms with Crippen molar-refractivity contribution in [3.63, 3.8) is 0 Å². The summed E-state index contributed by atoms with van der Waals surface area (Å²) in [4.78, 5) is 2.56. The van der Waals surface area contributed by atoms with E-state index in [1.165, 1.54) is 25.9 Å². The molecule has 0 bridgehead atoms. The fourth-order valence-corrected chi connectivity index (χ4v) is 2.06. The van der Waals surface area contributed by atoms with Gasteiger partial charge in [-0.2, -0.15) is 0 Å². The lowest BCUT2D eigenvalue weighted by Gasteiger charge is -2.35. The van der Waals surface area contributed by atoms with Crippen molar-refractivity contribution >= 4 is 0 Å². The second kappa shape index (κ2) is 3.02. The van der Waals surface area contributed by atoms with Crippen LogP contribution in [0.25, 0.3) is 0 Å². The van der Waals surface area contributed by atoms with E-state index < -0.39 is 0 Å². The first-order valence-corrected chi connectivity index (χ1v) is 5.12. The molecule has 0 aliphatic carbocycles. The van der Waals surface area contributed by atoms with Gasteiger partial charge in [-0.1, -0.05) is 27.2 Å². The van der Waals surface area contributed by atoms with Crippen LogP contribution in [0, 0.1) is 5.41 Å². The number of hydrogen-bond donors (Lipinski definition) is 0. The molecule has 1 aliphatic heterocycles. The molecule has 0 spiro atoms. The zero-order chi connectivity index (χ0) is 9.41. The molecule has 1 nitrogen and oxygen atoms in total. The summed E-state index contributed by atoms with van der Waals surface area (Å²) in [5, 5.41) is 0. The number of nitrogens with zero attached hydrogens (tertiary/aromatic N) is 1. The standard InChI is InChI=1S/C11H23N/c1-6-10(2,3)9-11(4,5)12-7-8-12/h6-9H2,1-5H3. The van der Waals surface area contributed by atoms with Crippen LogP contribution in [-0.2, 0) is 0 Å². The van der Waals surface area contributed by atoms with E-state index in [0.29, 0.717) is 11.0 Å². The molecule has 1 heteroatoms. The fourth-order valence-electron chi connectivity index (χ4n) is 2.06. The molecule has 0 amide bonds. The lowest BCUT2D eigenvalue weighted by atomic mass is 9.78. The van der Waals surface area contributed by atoms with Crippen LogP contribution in [0.2, 0.25) is 0 Å². The Balaban J connectivity index is 2.47. The Hall–Kier alpha value is -0.0400. The van der Waals surface area contributed by atoms with E-state index in [-0.39, 0.29) is 0 Å². The van der Waals surface area contributed by atoms with Gasteiger partial charge in [0.1, 0.15) is 0 Å². The fraction of sp³-hybridized carbons (Fsp3) is 1.00. The molecule has 0 aromatic rings. The van der Waals surface area contributed by atoms with Crippen LogP contribution < -0.4 is 0 Å². The van der Waals surface area contributed by atoms with E-state index >= 15 is 0 Å². The summed E-state index contributed by atoms with van der Waals surface area (Å²) < 4.78 is 0. The molecule has 1 heterocycles. The molecule has 0 N–H and O–H groups in total. The summed E-state index contributed by atoms with van der Waals surface area (Å²) in [5.41, 5.74) is 0.936. The average Bonchev–Trinajstić information content (AvgIpc) is 2.65. The number of hydrogen-bond acceptors (Lipinski definition) is 1. The second-order valence-electron chi connectivity index (χ2n) is 5.49.